The van der Waals surface area contributed by atoms with Crippen molar-refractivity contribution in [1.82, 2.24) is 9.78 Å². The summed E-state index contributed by atoms with van der Waals surface area (Å²) in [7, 11) is 1.55. The third-order valence-corrected chi connectivity index (χ3v) is 2.86. The quantitative estimate of drug-likeness (QED) is 0.731. The molecule has 1 atom stereocenters. The van der Waals surface area contributed by atoms with Crippen molar-refractivity contribution in [2.45, 2.75) is 33.2 Å². The van der Waals surface area contributed by atoms with Crippen molar-refractivity contribution in [2.75, 3.05) is 13.7 Å². The number of ketones is 1. The molecule has 5 nitrogen and oxygen atoms in total. The molecule has 0 bridgehead atoms. The zero-order valence-corrected chi connectivity index (χ0v) is 10.8. The molecule has 0 spiro atoms. The Morgan fingerprint density at radius 2 is 2.35 bits per heavy atom. The monoisotopic (exact) mass is 239 g/mol. The lowest BCUT2D eigenvalue weighted by Crippen LogP contribution is -2.15. The fourth-order valence-corrected chi connectivity index (χ4v) is 1.65. The highest BCUT2D eigenvalue weighted by atomic mass is 16.5. The molecule has 0 aliphatic carbocycles. The van der Waals surface area contributed by atoms with Gasteiger partial charge in [0.1, 0.15) is 5.69 Å². The van der Waals surface area contributed by atoms with Gasteiger partial charge in [-0.1, -0.05) is 6.92 Å². The minimum absolute atomic E-state index is 0.0708. The van der Waals surface area contributed by atoms with E-state index in [0.717, 1.165) is 6.42 Å². The van der Waals surface area contributed by atoms with E-state index < -0.39 is 0 Å². The van der Waals surface area contributed by atoms with Crippen molar-refractivity contribution in [3.8, 4) is 5.75 Å². The van der Waals surface area contributed by atoms with Crippen LogP contribution < -0.4 is 10.5 Å². The Bertz CT molecular complexity index is 352. The van der Waals surface area contributed by atoms with Crippen LogP contribution in [-0.2, 0) is 6.54 Å². The summed E-state index contributed by atoms with van der Waals surface area (Å²) in [5.74, 6) is 0.988. The van der Waals surface area contributed by atoms with Crippen molar-refractivity contribution in [1.29, 1.82) is 0 Å². The third kappa shape index (κ3) is 3.30. The number of rotatable bonds is 7. The summed E-state index contributed by atoms with van der Waals surface area (Å²) in [6.07, 6.45) is 2.87. The zero-order valence-electron chi connectivity index (χ0n) is 10.8. The molecule has 96 valence electrons. The number of carbonyl (C=O) groups excluding carboxylic acids is 1. The fraction of sp³-hybridized carbons (Fsp3) is 0.667. The van der Waals surface area contributed by atoms with E-state index >= 15 is 0 Å². The number of carbonyl (C=O) groups is 1. The van der Waals surface area contributed by atoms with E-state index in [9.17, 15) is 4.79 Å². The molecule has 0 fully saturated rings. The summed E-state index contributed by atoms with van der Waals surface area (Å²) in [4.78, 5) is 12.1. The molecular weight excluding hydrogens is 218 g/mol. The summed E-state index contributed by atoms with van der Waals surface area (Å²) in [5, 5.41) is 4.12. The SMILES string of the molecule is CCn1ncc(OC)c1C(=O)CCC(C)CN. The summed E-state index contributed by atoms with van der Waals surface area (Å²) < 4.78 is 6.83. The first-order valence-corrected chi connectivity index (χ1v) is 5.97. The molecule has 0 aliphatic heterocycles. The predicted octanol–water partition coefficient (Wildman–Crippen LogP) is 1.47. The molecule has 0 amide bonds. The number of hydrogen-bond acceptors (Lipinski definition) is 4. The van der Waals surface area contributed by atoms with E-state index in [1.54, 1.807) is 18.0 Å². The van der Waals surface area contributed by atoms with Gasteiger partial charge >= 0.3 is 0 Å². The van der Waals surface area contributed by atoms with Crippen LogP contribution in [0, 0.1) is 5.92 Å². The Kier molecular flexibility index (Phi) is 5.15. The Morgan fingerprint density at radius 1 is 1.65 bits per heavy atom. The number of nitrogens with two attached hydrogens (primary N) is 1. The molecule has 0 radical (unpaired) electrons. The average molecular weight is 239 g/mol. The molecule has 1 heterocycles. The highest BCUT2D eigenvalue weighted by molar-refractivity contribution is 5.97. The molecule has 0 saturated carbocycles. The normalized spacial score (nSPS) is 12.5. The molecule has 17 heavy (non-hydrogen) atoms. The van der Waals surface area contributed by atoms with Gasteiger partial charge in [0.25, 0.3) is 0 Å². The van der Waals surface area contributed by atoms with Crippen molar-refractivity contribution in [2.24, 2.45) is 11.7 Å². The van der Waals surface area contributed by atoms with Crippen LogP contribution in [0.4, 0.5) is 0 Å². The van der Waals surface area contributed by atoms with Gasteiger partial charge in [-0.3, -0.25) is 9.48 Å². The van der Waals surface area contributed by atoms with Crippen LogP contribution in [0.5, 0.6) is 5.75 Å². The maximum Gasteiger partial charge on any atom is 0.184 e. The number of Topliss-reactive ketones (excluding diaryl/α,β-unsaturated/α-hetero) is 1. The molecule has 5 heteroatoms. The largest absolute Gasteiger partial charge is 0.493 e. The lowest BCUT2D eigenvalue weighted by Gasteiger charge is -2.09. The lowest BCUT2D eigenvalue weighted by molar-refractivity contribution is 0.0961. The second-order valence-corrected chi connectivity index (χ2v) is 4.18. The van der Waals surface area contributed by atoms with Gasteiger partial charge in [0.05, 0.1) is 13.3 Å². The van der Waals surface area contributed by atoms with E-state index in [1.807, 2.05) is 13.8 Å². The van der Waals surface area contributed by atoms with Crippen LogP contribution in [0.2, 0.25) is 0 Å². The lowest BCUT2D eigenvalue weighted by atomic mass is 10.0. The fourth-order valence-electron chi connectivity index (χ4n) is 1.65. The van der Waals surface area contributed by atoms with E-state index in [1.165, 1.54) is 0 Å². The van der Waals surface area contributed by atoms with Gasteiger partial charge in [0.15, 0.2) is 11.5 Å². The Balaban J connectivity index is 2.76. The average Bonchev–Trinajstić information content (AvgIpc) is 2.78. The van der Waals surface area contributed by atoms with Crippen molar-refractivity contribution < 1.29 is 9.53 Å². The van der Waals surface area contributed by atoms with Gasteiger partial charge in [-0.2, -0.15) is 5.10 Å². The number of nitrogens with zero attached hydrogens (tertiary/aromatic N) is 2. The van der Waals surface area contributed by atoms with Gasteiger partial charge in [0, 0.05) is 13.0 Å². The number of methoxy groups -OCH3 is 1. The van der Waals surface area contributed by atoms with Crippen LogP contribution in [0.1, 0.15) is 37.2 Å². The van der Waals surface area contributed by atoms with Crippen molar-refractivity contribution in [3.05, 3.63) is 11.9 Å². The Hall–Kier alpha value is -1.36. The van der Waals surface area contributed by atoms with Crippen LogP contribution in [-0.4, -0.2) is 29.2 Å². The number of ether oxygens (including phenoxy) is 1. The maximum absolute atomic E-state index is 12.1. The topological polar surface area (TPSA) is 70.1 Å². The molecule has 2 N–H and O–H groups in total. The number of aromatic nitrogens is 2. The van der Waals surface area contributed by atoms with Crippen LogP contribution in [0.25, 0.3) is 0 Å². The van der Waals surface area contributed by atoms with Crippen LogP contribution >= 0.6 is 0 Å². The minimum Gasteiger partial charge on any atom is -0.493 e. The van der Waals surface area contributed by atoms with Crippen LogP contribution in [0.3, 0.4) is 0 Å². The number of aryl methyl sites for hydroxylation is 1. The first-order valence-electron chi connectivity index (χ1n) is 5.97. The van der Waals surface area contributed by atoms with Gasteiger partial charge in [-0.25, -0.2) is 0 Å². The Morgan fingerprint density at radius 3 is 2.88 bits per heavy atom. The third-order valence-electron chi connectivity index (χ3n) is 2.86. The first-order chi connectivity index (χ1) is 8.13. The van der Waals surface area contributed by atoms with Gasteiger partial charge < -0.3 is 10.5 Å². The zero-order chi connectivity index (χ0) is 12.8. The minimum atomic E-state index is 0.0708. The van der Waals surface area contributed by atoms with E-state index in [-0.39, 0.29) is 5.78 Å². The second-order valence-electron chi connectivity index (χ2n) is 4.18. The molecule has 0 aromatic carbocycles. The predicted molar refractivity (Wildman–Crippen MR) is 66.2 cm³/mol. The summed E-state index contributed by atoms with van der Waals surface area (Å²) in [5.41, 5.74) is 6.10. The molecule has 1 unspecified atom stereocenters. The molecule has 1 aromatic heterocycles. The van der Waals surface area contributed by atoms with Crippen molar-refractivity contribution in [3.63, 3.8) is 0 Å². The molecular formula is C12H21N3O2. The molecule has 0 saturated heterocycles. The summed E-state index contributed by atoms with van der Waals surface area (Å²) in [6.45, 7) is 5.27. The van der Waals surface area contributed by atoms with E-state index in [2.05, 4.69) is 5.10 Å². The molecule has 0 aliphatic rings. The van der Waals surface area contributed by atoms with Gasteiger partial charge in [-0.05, 0) is 25.8 Å². The molecule has 1 rings (SSSR count). The highest BCUT2D eigenvalue weighted by Crippen LogP contribution is 2.20. The highest BCUT2D eigenvalue weighted by Gasteiger charge is 2.18. The van der Waals surface area contributed by atoms with E-state index in [4.69, 9.17) is 10.5 Å². The van der Waals surface area contributed by atoms with Gasteiger partial charge in [-0.15, -0.1) is 0 Å². The van der Waals surface area contributed by atoms with Crippen LogP contribution in [0.15, 0.2) is 6.20 Å². The summed E-state index contributed by atoms with van der Waals surface area (Å²) >= 11 is 0. The standard InChI is InChI=1S/C12H21N3O2/c1-4-15-12(11(17-3)8-14-15)10(16)6-5-9(2)7-13/h8-9H,4-7,13H2,1-3H3. The van der Waals surface area contributed by atoms with E-state index in [0.29, 0.717) is 36.9 Å². The number of hydrogen-bond donors (Lipinski definition) is 1. The summed E-state index contributed by atoms with van der Waals surface area (Å²) in [6, 6.07) is 0. The second kappa shape index (κ2) is 6.39. The van der Waals surface area contributed by atoms with Crippen molar-refractivity contribution >= 4 is 5.78 Å². The molecule has 1 aromatic rings. The smallest absolute Gasteiger partial charge is 0.184 e. The Labute approximate surface area is 102 Å². The van der Waals surface area contributed by atoms with Gasteiger partial charge in [0.2, 0.25) is 0 Å². The maximum atomic E-state index is 12.1. The first kappa shape index (κ1) is 13.7.